The lowest BCUT2D eigenvalue weighted by Gasteiger charge is -2.14. The molecule has 7 heteroatoms. The van der Waals surface area contributed by atoms with Gasteiger partial charge in [0.05, 0.1) is 12.8 Å². The van der Waals surface area contributed by atoms with Crippen molar-refractivity contribution in [3.05, 3.63) is 111 Å². The largest absolute Gasteiger partial charge is 0.490 e. The summed E-state index contributed by atoms with van der Waals surface area (Å²) in [5, 5.41) is 4.15. The Bertz CT molecular complexity index is 1340. The average Bonchev–Trinajstić information content (AvgIpc) is 3.23. The van der Waals surface area contributed by atoms with Crippen LogP contribution in [0.25, 0.3) is 5.69 Å². The summed E-state index contributed by atoms with van der Waals surface area (Å²) in [6, 6.07) is 25.2. The molecule has 0 saturated carbocycles. The van der Waals surface area contributed by atoms with E-state index in [9.17, 15) is 4.79 Å². The Morgan fingerprint density at radius 2 is 1.61 bits per heavy atom. The molecule has 1 amide bonds. The van der Waals surface area contributed by atoms with Gasteiger partial charge in [-0.15, -0.1) is 0 Å². The van der Waals surface area contributed by atoms with Gasteiger partial charge in [0.15, 0.2) is 11.5 Å². The SMILES string of the molecule is CCOc1cc(/C=N\NC(=O)c2ccc(-n3c(C)ccc3C)cc2)c(Br)cc1OCc1ccccc1. The lowest BCUT2D eigenvalue weighted by Crippen LogP contribution is -2.17. The van der Waals surface area contributed by atoms with Crippen LogP contribution in [-0.4, -0.2) is 23.3 Å². The molecule has 0 radical (unpaired) electrons. The molecule has 6 nitrogen and oxygen atoms in total. The van der Waals surface area contributed by atoms with Gasteiger partial charge >= 0.3 is 0 Å². The minimum atomic E-state index is -0.289. The fourth-order valence-electron chi connectivity index (χ4n) is 3.83. The summed E-state index contributed by atoms with van der Waals surface area (Å²) in [4.78, 5) is 12.6. The topological polar surface area (TPSA) is 64.8 Å². The molecule has 0 aliphatic carbocycles. The van der Waals surface area contributed by atoms with E-state index >= 15 is 0 Å². The minimum Gasteiger partial charge on any atom is -0.490 e. The maximum atomic E-state index is 12.6. The van der Waals surface area contributed by atoms with E-state index in [1.807, 2.05) is 61.5 Å². The van der Waals surface area contributed by atoms with Gasteiger partial charge in [-0.25, -0.2) is 5.43 Å². The van der Waals surface area contributed by atoms with Gasteiger partial charge in [0, 0.05) is 32.7 Å². The number of hydrogen-bond acceptors (Lipinski definition) is 4. The fourth-order valence-corrected chi connectivity index (χ4v) is 4.25. The first-order valence-electron chi connectivity index (χ1n) is 11.7. The predicted molar refractivity (Wildman–Crippen MR) is 146 cm³/mol. The number of carbonyl (C=O) groups is 1. The van der Waals surface area contributed by atoms with Crippen LogP contribution in [0.15, 0.2) is 88.4 Å². The van der Waals surface area contributed by atoms with Crippen molar-refractivity contribution in [2.45, 2.75) is 27.4 Å². The third kappa shape index (κ3) is 6.04. The molecule has 1 aromatic heterocycles. The number of nitrogens with zero attached hydrogens (tertiary/aromatic N) is 2. The van der Waals surface area contributed by atoms with Crippen molar-refractivity contribution >= 4 is 28.1 Å². The minimum absolute atomic E-state index is 0.289. The van der Waals surface area contributed by atoms with Crippen molar-refractivity contribution in [3.8, 4) is 17.2 Å². The van der Waals surface area contributed by atoms with Crippen molar-refractivity contribution in [2.24, 2.45) is 5.10 Å². The van der Waals surface area contributed by atoms with E-state index in [-0.39, 0.29) is 5.91 Å². The number of ether oxygens (including phenoxy) is 2. The smallest absolute Gasteiger partial charge is 0.271 e. The summed E-state index contributed by atoms with van der Waals surface area (Å²) >= 11 is 3.57. The molecular formula is C29H28BrN3O3. The van der Waals surface area contributed by atoms with Crippen LogP contribution >= 0.6 is 15.9 Å². The van der Waals surface area contributed by atoms with Gasteiger partial charge < -0.3 is 14.0 Å². The Hall–Kier alpha value is -3.84. The van der Waals surface area contributed by atoms with Crippen molar-refractivity contribution in [1.82, 2.24) is 9.99 Å². The van der Waals surface area contributed by atoms with Crippen LogP contribution in [0.4, 0.5) is 0 Å². The summed E-state index contributed by atoms with van der Waals surface area (Å²) < 4.78 is 14.7. The second-order valence-corrected chi connectivity index (χ2v) is 9.08. The molecule has 4 aromatic rings. The van der Waals surface area contributed by atoms with E-state index in [2.05, 4.69) is 57.0 Å². The van der Waals surface area contributed by atoms with Gasteiger partial charge in [-0.3, -0.25) is 4.79 Å². The first-order valence-corrected chi connectivity index (χ1v) is 12.5. The van der Waals surface area contributed by atoms with E-state index < -0.39 is 0 Å². The monoisotopic (exact) mass is 545 g/mol. The standard InChI is InChI=1S/C29H28BrN3O3/c1-4-35-27-16-24(26(30)17-28(27)36-19-22-8-6-5-7-9-22)18-31-32-29(34)23-12-14-25(15-13-23)33-20(2)10-11-21(33)3/h5-18H,4,19H2,1-3H3,(H,32,34)/b31-18-. The first kappa shape index (κ1) is 25.3. The number of hydrazone groups is 1. The number of amides is 1. The van der Waals surface area contributed by atoms with Crippen LogP contribution in [0, 0.1) is 13.8 Å². The number of hydrogen-bond donors (Lipinski definition) is 1. The molecule has 0 spiro atoms. The second-order valence-electron chi connectivity index (χ2n) is 8.23. The highest BCUT2D eigenvalue weighted by Gasteiger charge is 2.11. The summed E-state index contributed by atoms with van der Waals surface area (Å²) in [7, 11) is 0. The van der Waals surface area contributed by atoms with E-state index in [0.29, 0.717) is 30.3 Å². The number of rotatable bonds is 9. The van der Waals surface area contributed by atoms with Gasteiger partial charge in [0.1, 0.15) is 6.61 Å². The predicted octanol–water partition coefficient (Wildman–Crippen LogP) is 6.60. The summed E-state index contributed by atoms with van der Waals surface area (Å²) in [5.74, 6) is 0.945. The van der Waals surface area contributed by atoms with Crippen molar-refractivity contribution in [2.75, 3.05) is 6.61 Å². The highest BCUT2D eigenvalue weighted by molar-refractivity contribution is 9.10. The number of nitrogens with one attached hydrogen (secondary N) is 1. The molecule has 1 N–H and O–H groups in total. The van der Waals surface area contributed by atoms with Gasteiger partial charge in [0.2, 0.25) is 0 Å². The van der Waals surface area contributed by atoms with Crippen LogP contribution in [0.1, 0.15) is 39.8 Å². The Balaban J connectivity index is 1.43. The van der Waals surface area contributed by atoms with E-state index in [1.54, 1.807) is 18.3 Å². The molecule has 0 atom stereocenters. The number of carbonyl (C=O) groups excluding carboxylic acids is 1. The Kier molecular flexibility index (Phi) is 8.23. The van der Waals surface area contributed by atoms with Gasteiger partial charge in [-0.2, -0.15) is 5.10 Å². The fraction of sp³-hybridized carbons (Fsp3) is 0.172. The van der Waals surface area contributed by atoms with Gasteiger partial charge in [-0.1, -0.05) is 30.3 Å². The Labute approximate surface area is 219 Å². The van der Waals surface area contributed by atoms with Crippen LogP contribution in [0.3, 0.4) is 0 Å². The van der Waals surface area contributed by atoms with Crippen LogP contribution in [0.2, 0.25) is 0 Å². The second kappa shape index (κ2) is 11.7. The average molecular weight is 546 g/mol. The Morgan fingerprint density at radius 3 is 2.28 bits per heavy atom. The zero-order valence-corrected chi connectivity index (χ0v) is 22.1. The van der Waals surface area contributed by atoms with Crippen LogP contribution < -0.4 is 14.9 Å². The highest BCUT2D eigenvalue weighted by Crippen LogP contribution is 2.34. The third-order valence-corrected chi connectivity index (χ3v) is 6.32. The molecule has 184 valence electrons. The van der Waals surface area contributed by atoms with E-state index in [4.69, 9.17) is 9.47 Å². The molecule has 4 rings (SSSR count). The third-order valence-electron chi connectivity index (χ3n) is 5.63. The molecule has 1 heterocycles. The quantitative estimate of drug-likeness (QED) is 0.190. The molecular weight excluding hydrogens is 518 g/mol. The highest BCUT2D eigenvalue weighted by atomic mass is 79.9. The van der Waals surface area contributed by atoms with E-state index in [0.717, 1.165) is 32.7 Å². The Morgan fingerprint density at radius 1 is 0.944 bits per heavy atom. The van der Waals surface area contributed by atoms with Crippen molar-refractivity contribution < 1.29 is 14.3 Å². The number of aromatic nitrogens is 1. The molecule has 0 fully saturated rings. The zero-order valence-electron chi connectivity index (χ0n) is 20.5. The lowest BCUT2D eigenvalue weighted by molar-refractivity contribution is 0.0955. The first-order chi connectivity index (χ1) is 17.5. The lowest BCUT2D eigenvalue weighted by atomic mass is 10.2. The van der Waals surface area contributed by atoms with Crippen LogP contribution in [0.5, 0.6) is 11.5 Å². The summed E-state index contributed by atoms with van der Waals surface area (Å²) in [6.07, 6.45) is 1.58. The maximum absolute atomic E-state index is 12.6. The number of benzene rings is 3. The molecule has 0 bridgehead atoms. The maximum Gasteiger partial charge on any atom is 0.271 e. The summed E-state index contributed by atoms with van der Waals surface area (Å²) in [6.45, 7) is 6.95. The number of halogens is 1. The van der Waals surface area contributed by atoms with E-state index in [1.165, 1.54) is 0 Å². The summed E-state index contributed by atoms with van der Waals surface area (Å²) in [5.41, 5.74) is 8.23. The van der Waals surface area contributed by atoms with Crippen molar-refractivity contribution in [3.63, 3.8) is 0 Å². The zero-order chi connectivity index (χ0) is 25.5. The van der Waals surface area contributed by atoms with Gasteiger partial charge in [-0.05, 0) is 90.8 Å². The molecule has 0 unspecified atom stereocenters. The molecule has 36 heavy (non-hydrogen) atoms. The molecule has 3 aromatic carbocycles. The number of aryl methyl sites for hydroxylation is 2. The molecule has 0 aliphatic rings. The van der Waals surface area contributed by atoms with Crippen molar-refractivity contribution in [1.29, 1.82) is 0 Å². The van der Waals surface area contributed by atoms with Crippen LogP contribution in [-0.2, 0) is 6.61 Å². The molecule has 0 saturated heterocycles. The normalized spacial score (nSPS) is 11.0. The van der Waals surface area contributed by atoms with Gasteiger partial charge in [0.25, 0.3) is 5.91 Å². The molecule has 0 aliphatic heterocycles.